The van der Waals surface area contributed by atoms with E-state index >= 15 is 0 Å². The lowest BCUT2D eigenvalue weighted by Gasteiger charge is -2.04. The Morgan fingerprint density at radius 3 is 3.00 bits per heavy atom. The van der Waals surface area contributed by atoms with Gasteiger partial charge in [0.2, 0.25) is 0 Å². The summed E-state index contributed by atoms with van der Waals surface area (Å²) < 4.78 is 4.74. The van der Waals surface area contributed by atoms with Gasteiger partial charge in [0, 0.05) is 23.2 Å². The highest BCUT2D eigenvalue weighted by molar-refractivity contribution is 7.13. The van der Waals surface area contributed by atoms with Crippen molar-refractivity contribution in [1.29, 1.82) is 0 Å². The van der Waals surface area contributed by atoms with Crippen molar-refractivity contribution in [3.63, 3.8) is 0 Å². The van der Waals surface area contributed by atoms with Crippen LogP contribution in [0, 0.1) is 6.92 Å². The lowest BCUT2D eigenvalue weighted by atomic mass is 10.1. The molecule has 0 atom stereocenters. The molecule has 25 heavy (non-hydrogen) atoms. The van der Waals surface area contributed by atoms with Crippen LogP contribution in [0.15, 0.2) is 33.5 Å². The minimum absolute atomic E-state index is 0.299. The smallest absolute Gasteiger partial charge is 0.183 e. The van der Waals surface area contributed by atoms with Gasteiger partial charge in [-0.25, -0.2) is 9.61 Å². The molecule has 3 heterocycles. The Morgan fingerprint density at radius 2 is 2.24 bits per heavy atom. The molecule has 8 nitrogen and oxygen atoms in total. The van der Waals surface area contributed by atoms with Gasteiger partial charge in [0.05, 0.1) is 11.9 Å². The molecule has 0 aliphatic heterocycles. The molecule has 0 fully saturated rings. The van der Waals surface area contributed by atoms with Gasteiger partial charge in [-0.05, 0) is 38.1 Å². The van der Waals surface area contributed by atoms with E-state index in [1.807, 2.05) is 24.4 Å². The van der Waals surface area contributed by atoms with E-state index in [1.165, 1.54) is 0 Å². The molecule has 130 valence electrons. The van der Waals surface area contributed by atoms with Gasteiger partial charge in [-0.2, -0.15) is 0 Å². The molecule has 0 aliphatic rings. The van der Waals surface area contributed by atoms with Crippen LogP contribution in [-0.2, 0) is 11.4 Å². The summed E-state index contributed by atoms with van der Waals surface area (Å²) in [5, 5.41) is 17.7. The van der Waals surface area contributed by atoms with E-state index in [0.717, 1.165) is 16.4 Å². The summed E-state index contributed by atoms with van der Waals surface area (Å²) in [5.74, 6) is 0. The van der Waals surface area contributed by atoms with Crippen molar-refractivity contribution >= 4 is 22.7 Å². The second kappa shape index (κ2) is 7.84. The minimum atomic E-state index is 0.299. The van der Waals surface area contributed by atoms with Crippen molar-refractivity contribution in [2.45, 2.75) is 33.4 Å². The van der Waals surface area contributed by atoms with Gasteiger partial charge < -0.3 is 10.2 Å². The molecule has 9 heteroatoms. The van der Waals surface area contributed by atoms with Crippen molar-refractivity contribution in [3.8, 4) is 11.4 Å². The van der Waals surface area contributed by atoms with Gasteiger partial charge in [-0.15, -0.1) is 11.3 Å². The van der Waals surface area contributed by atoms with Crippen LogP contribution < -0.4 is 5.32 Å². The maximum atomic E-state index is 5.34. The molecule has 0 aromatic carbocycles. The number of thiazole rings is 1. The lowest BCUT2D eigenvalue weighted by molar-refractivity contribution is 0.130. The molecular weight excluding hydrogens is 340 g/mol. The number of oxime groups is 1. The van der Waals surface area contributed by atoms with Crippen LogP contribution >= 0.6 is 11.3 Å². The topological polar surface area (TPSA) is 98.3 Å². The van der Waals surface area contributed by atoms with E-state index in [0.29, 0.717) is 29.7 Å². The van der Waals surface area contributed by atoms with Crippen molar-refractivity contribution in [1.82, 2.24) is 20.3 Å². The lowest BCUT2D eigenvalue weighted by Crippen LogP contribution is -2.09. The van der Waals surface area contributed by atoms with Gasteiger partial charge in [0.1, 0.15) is 11.4 Å². The van der Waals surface area contributed by atoms with Crippen LogP contribution in [0.5, 0.6) is 0 Å². The second-order valence-electron chi connectivity index (χ2n) is 5.59. The Morgan fingerprint density at radius 1 is 1.36 bits per heavy atom. The third-order valence-corrected chi connectivity index (χ3v) is 3.98. The van der Waals surface area contributed by atoms with Gasteiger partial charge in [0.25, 0.3) is 0 Å². The highest BCUT2D eigenvalue weighted by Gasteiger charge is 2.13. The summed E-state index contributed by atoms with van der Waals surface area (Å²) in [6, 6.07) is 4.03. The third kappa shape index (κ3) is 4.38. The highest BCUT2D eigenvalue weighted by Crippen LogP contribution is 2.20. The average Bonchev–Trinajstić information content (AvgIpc) is 3.20. The fourth-order valence-corrected chi connectivity index (χ4v) is 2.89. The number of pyridine rings is 1. The maximum absolute atomic E-state index is 5.34. The zero-order valence-corrected chi connectivity index (χ0v) is 14.9. The first-order chi connectivity index (χ1) is 12.1. The molecule has 3 aromatic heterocycles. The number of hydrogen-bond acceptors (Lipinski definition) is 9. The zero-order chi connectivity index (χ0) is 17.6. The first-order valence-corrected chi connectivity index (χ1v) is 8.62. The molecule has 0 saturated heterocycles. The van der Waals surface area contributed by atoms with Gasteiger partial charge in [0.15, 0.2) is 17.4 Å². The molecule has 0 bridgehead atoms. The Balaban J connectivity index is 1.63. The van der Waals surface area contributed by atoms with Crippen LogP contribution in [0.4, 0.5) is 5.13 Å². The van der Waals surface area contributed by atoms with E-state index in [4.69, 9.17) is 9.47 Å². The molecule has 0 radical (unpaired) electrons. The van der Waals surface area contributed by atoms with Crippen LogP contribution in [0.3, 0.4) is 0 Å². The van der Waals surface area contributed by atoms with Gasteiger partial charge in [-0.3, -0.25) is 4.98 Å². The second-order valence-corrected chi connectivity index (χ2v) is 6.45. The largest absolute Gasteiger partial charge is 0.389 e. The Hall–Kier alpha value is -2.81. The number of anilines is 1. The Kier molecular flexibility index (Phi) is 5.34. The van der Waals surface area contributed by atoms with Crippen LogP contribution in [0.2, 0.25) is 0 Å². The van der Waals surface area contributed by atoms with Crippen molar-refractivity contribution in [3.05, 3.63) is 40.7 Å². The number of nitrogens with zero attached hydrogens (tertiary/aromatic N) is 5. The molecule has 0 spiro atoms. The van der Waals surface area contributed by atoms with Crippen LogP contribution in [0.25, 0.3) is 11.4 Å². The van der Waals surface area contributed by atoms with E-state index in [2.05, 4.69) is 44.6 Å². The first-order valence-electron chi connectivity index (χ1n) is 7.74. The zero-order valence-electron chi connectivity index (χ0n) is 14.1. The standard InChI is InChI=1S/C16H18N6O2S/c1-10(2)19-16-20-13(9-25-16)8-23-18-7-12-5-4-6-17-15(12)14-11(3)21-24-22-14/h4-7,9-10H,8H2,1-3H3,(H,19,20)/b18-7-. The van der Waals surface area contributed by atoms with E-state index < -0.39 is 0 Å². The molecule has 0 aliphatic carbocycles. The molecule has 0 saturated carbocycles. The van der Waals surface area contributed by atoms with E-state index in [1.54, 1.807) is 23.7 Å². The Labute approximate surface area is 148 Å². The predicted molar refractivity (Wildman–Crippen MR) is 95.5 cm³/mol. The molecule has 3 rings (SSSR count). The van der Waals surface area contributed by atoms with E-state index in [9.17, 15) is 0 Å². The monoisotopic (exact) mass is 358 g/mol. The maximum Gasteiger partial charge on any atom is 0.183 e. The highest BCUT2D eigenvalue weighted by atomic mass is 32.1. The first kappa shape index (κ1) is 17.0. The molecule has 1 N–H and O–H groups in total. The fourth-order valence-electron chi connectivity index (χ4n) is 2.05. The SMILES string of the molecule is Cc1nonc1-c1ncccc1/C=N\OCc1csc(NC(C)C)n1. The molecule has 0 unspecified atom stereocenters. The van der Waals surface area contributed by atoms with Crippen molar-refractivity contribution < 1.29 is 9.47 Å². The number of nitrogens with one attached hydrogen (secondary N) is 1. The van der Waals surface area contributed by atoms with Gasteiger partial charge in [-0.1, -0.05) is 10.3 Å². The number of aromatic nitrogens is 4. The summed E-state index contributed by atoms with van der Waals surface area (Å²) in [4.78, 5) is 14.1. The minimum Gasteiger partial charge on any atom is -0.389 e. The summed E-state index contributed by atoms with van der Waals surface area (Å²) in [7, 11) is 0. The number of rotatable bonds is 7. The molecular formula is C16H18N6O2S. The Bertz CT molecular complexity index is 858. The molecule has 0 amide bonds. The number of aryl methyl sites for hydroxylation is 1. The quantitative estimate of drug-likeness (QED) is 0.511. The third-order valence-electron chi connectivity index (χ3n) is 3.16. The average molecular weight is 358 g/mol. The van der Waals surface area contributed by atoms with E-state index in [-0.39, 0.29) is 0 Å². The van der Waals surface area contributed by atoms with Gasteiger partial charge >= 0.3 is 0 Å². The van der Waals surface area contributed by atoms with Crippen LogP contribution in [0.1, 0.15) is 30.8 Å². The number of hydrogen-bond donors (Lipinski definition) is 1. The fraction of sp³-hybridized carbons (Fsp3) is 0.312. The summed E-state index contributed by atoms with van der Waals surface area (Å²) >= 11 is 1.54. The summed E-state index contributed by atoms with van der Waals surface area (Å²) in [5.41, 5.74) is 3.49. The normalized spacial score (nSPS) is 11.4. The summed E-state index contributed by atoms with van der Waals surface area (Å²) in [6.07, 6.45) is 3.27. The summed E-state index contributed by atoms with van der Waals surface area (Å²) in [6.45, 7) is 6.24. The molecule has 3 aromatic rings. The van der Waals surface area contributed by atoms with Crippen molar-refractivity contribution in [2.75, 3.05) is 5.32 Å². The predicted octanol–water partition coefficient (Wildman–Crippen LogP) is 3.27. The van der Waals surface area contributed by atoms with Crippen LogP contribution in [-0.4, -0.2) is 32.5 Å². The van der Waals surface area contributed by atoms with Crippen molar-refractivity contribution in [2.24, 2.45) is 5.16 Å².